The zero-order valence-corrected chi connectivity index (χ0v) is 8.03. The van der Waals surface area contributed by atoms with Crippen LogP contribution in [-0.4, -0.2) is 4.57 Å². The van der Waals surface area contributed by atoms with Crippen molar-refractivity contribution in [2.45, 2.75) is 6.54 Å². The molecule has 0 aliphatic rings. The van der Waals surface area contributed by atoms with E-state index in [9.17, 15) is 4.79 Å². The summed E-state index contributed by atoms with van der Waals surface area (Å²) >= 11 is 0. The predicted molar refractivity (Wildman–Crippen MR) is 57.1 cm³/mol. The summed E-state index contributed by atoms with van der Waals surface area (Å²) in [6.45, 7) is 0.453. The van der Waals surface area contributed by atoms with Gasteiger partial charge in [-0.1, -0.05) is 18.2 Å². The zero-order valence-electron chi connectivity index (χ0n) is 8.03. The smallest absolute Gasteiger partial charge is 0.258 e. The molecule has 0 aliphatic carbocycles. The van der Waals surface area contributed by atoms with Crippen molar-refractivity contribution in [2.24, 2.45) is 12.8 Å². The van der Waals surface area contributed by atoms with Gasteiger partial charge in [-0.3, -0.25) is 4.79 Å². The lowest BCUT2D eigenvalue weighted by Gasteiger charge is -2.06. The van der Waals surface area contributed by atoms with Gasteiger partial charge in [-0.15, -0.1) is 0 Å². The Morgan fingerprint density at radius 2 is 1.93 bits per heavy atom. The largest absolute Gasteiger partial charge is 0.326 e. The van der Waals surface area contributed by atoms with Gasteiger partial charge in [-0.2, -0.15) is 0 Å². The molecule has 3 nitrogen and oxygen atoms in total. The lowest BCUT2D eigenvalue weighted by atomic mass is 10.1. The van der Waals surface area contributed by atoms with E-state index in [-0.39, 0.29) is 5.56 Å². The summed E-state index contributed by atoms with van der Waals surface area (Å²) in [4.78, 5) is 11.7. The molecule has 0 bridgehead atoms. The fraction of sp³-hybridized carbons (Fsp3) is 0.182. The molecule has 1 aromatic carbocycles. The average molecular weight is 188 g/mol. The van der Waals surface area contributed by atoms with Crippen LogP contribution in [0.25, 0.3) is 10.8 Å². The number of nitrogens with zero attached hydrogens (tertiary/aromatic N) is 1. The maximum absolute atomic E-state index is 11.7. The fourth-order valence-electron chi connectivity index (χ4n) is 1.66. The molecule has 0 saturated carbocycles. The Hall–Kier alpha value is -1.61. The molecule has 0 fully saturated rings. The molecule has 1 aromatic heterocycles. The van der Waals surface area contributed by atoms with E-state index in [1.54, 1.807) is 17.8 Å². The average Bonchev–Trinajstić information content (AvgIpc) is 2.23. The van der Waals surface area contributed by atoms with Crippen molar-refractivity contribution in [3.05, 3.63) is 46.4 Å². The summed E-state index contributed by atoms with van der Waals surface area (Å²) in [5.74, 6) is 0. The molecule has 2 aromatic rings. The third-order valence-corrected chi connectivity index (χ3v) is 2.39. The van der Waals surface area contributed by atoms with E-state index in [1.807, 2.05) is 24.3 Å². The van der Waals surface area contributed by atoms with Crippen LogP contribution in [0.5, 0.6) is 0 Å². The maximum atomic E-state index is 11.7. The van der Waals surface area contributed by atoms with Crippen LogP contribution in [0.3, 0.4) is 0 Å². The Kier molecular flexibility index (Phi) is 2.09. The van der Waals surface area contributed by atoms with Crippen LogP contribution >= 0.6 is 0 Å². The van der Waals surface area contributed by atoms with Crippen LogP contribution in [0.4, 0.5) is 0 Å². The Balaban J connectivity index is 2.97. The minimum absolute atomic E-state index is 0.0257. The molecule has 0 atom stereocenters. The molecule has 2 rings (SSSR count). The van der Waals surface area contributed by atoms with Crippen molar-refractivity contribution in [1.29, 1.82) is 0 Å². The molecule has 1 heterocycles. The van der Waals surface area contributed by atoms with Gasteiger partial charge in [-0.25, -0.2) is 0 Å². The van der Waals surface area contributed by atoms with Gasteiger partial charge in [0.25, 0.3) is 5.56 Å². The number of rotatable bonds is 1. The summed E-state index contributed by atoms with van der Waals surface area (Å²) in [7, 11) is 1.74. The molecule has 0 unspecified atom stereocenters. The van der Waals surface area contributed by atoms with Gasteiger partial charge in [0.15, 0.2) is 0 Å². The van der Waals surface area contributed by atoms with Gasteiger partial charge in [-0.05, 0) is 17.0 Å². The van der Waals surface area contributed by atoms with E-state index in [0.29, 0.717) is 6.54 Å². The number of aromatic nitrogens is 1. The molecule has 0 amide bonds. The standard InChI is InChI=1S/C11H12N2O/c1-13-7-8(6-12)9-4-2-3-5-10(9)11(13)14/h2-5,7H,6,12H2,1H3. The topological polar surface area (TPSA) is 48.0 Å². The monoisotopic (exact) mass is 188 g/mol. The van der Waals surface area contributed by atoms with E-state index < -0.39 is 0 Å². The quantitative estimate of drug-likeness (QED) is 0.725. The minimum atomic E-state index is 0.0257. The molecule has 14 heavy (non-hydrogen) atoms. The summed E-state index contributed by atoms with van der Waals surface area (Å²) in [6.07, 6.45) is 1.80. The highest BCUT2D eigenvalue weighted by molar-refractivity contribution is 5.84. The third-order valence-electron chi connectivity index (χ3n) is 2.39. The number of hydrogen-bond donors (Lipinski definition) is 1. The zero-order chi connectivity index (χ0) is 10.1. The van der Waals surface area contributed by atoms with Gasteiger partial charge >= 0.3 is 0 Å². The van der Waals surface area contributed by atoms with Crippen molar-refractivity contribution >= 4 is 10.8 Å². The van der Waals surface area contributed by atoms with Crippen LogP contribution in [0.1, 0.15) is 5.56 Å². The Morgan fingerprint density at radius 3 is 2.57 bits per heavy atom. The highest BCUT2D eigenvalue weighted by atomic mass is 16.1. The minimum Gasteiger partial charge on any atom is -0.326 e. The molecular weight excluding hydrogens is 176 g/mol. The Labute approximate surface area is 81.8 Å². The van der Waals surface area contributed by atoms with E-state index in [4.69, 9.17) is 5.73 Å². The van der Waals surface area contributed by atoms with E-state index in [0.717, 1.165) is 16.3 Å². The lowest BCUT2D eigenvalue weighted by molar-refractivity contribution is 0.853. The molecule has 3 heteroatoms. The van der Waals surface area contributed by atoms with Crippen LogP contribution < -0.4 is 11.3 Å². The first-order valence-corrected chi connectivity index (χ1v) is 4.51. The first-order valence-electron chi connectivity index (χ1n) is 4.51. The predicted octanol–water partition coefficient (Wildman–Crippen LogP) is 0.997. The second-order valence-corrected chi connectivity index (χ2v) is 3.32. The summed E-state index contributed by atoms with van der Waals surface area (Å²) in [5, 5.41) is 1.69. The van der Waals surface area contributed by atoms with E-state index in [1.165, 1.54) is 0 Å². The van der Waals surface area contributed by atoms with Crippen molar-refractivity contribution in [1.82, 2.24) is 4.57 Å². The molecular formula is C11H12N2O. The SMILES string of the molecule is Cn1cc(CN)c2ccccc2c1=O. The second kappa shape index (κ2) is 3.27. The van der Waals surface area contributed by atoms with Crippen molar-refractivity contribution in [3.63, 3.8) is 0 Å². The van der Waals surface area contributed by atoms with E-state index in [2.05, 4.69) is 0 Å². The molecule has 0 saturated heterocycles. The number of fused-ring (bicyclic) bond motifs is 1. The molecule has 0 radical (unpaired) electrons. The highest BCUT2D eigenvalue weighted by Gasteiger charge is 2.04. The van der Waals surface area contributed by atoms with Crippen LogP contribution in [-0.2, 0) is 13.6 Å². The summed E-state index contributed by atoms with van der Waals surface area (Å²) in [5.41, 5.74) is 6.65. The van der Waals surface area contributed by atoms with Crippen LogP contribution in [0, 0.1) is 0 Å². The van der Waals surface area contributed by atoms with Crippen LogP contribution in [0.2, 0.25) is 0 Å². The normalized spacial score (nSPS) is 10.7. The van der Waals surface area contributed by atoms with Crippen LogP contribution in [0.15, 0.2) is 35.3 Å². The highest BCUT2D eigenvalue weighted by Crippen LogP contribution is 2.13. The van der Waals surface area contributed by atoms with Crippen molar-refractivity contribution in [2.75, 3.05) is 0 Å². The second-order valence-electron chi connectivity index (χ2n) is 3.32. The van der Waals surface area contributed by atoms with Gasteiger partial charge < -0.3 is 10.3 Å². The lowest BCUT2D eigenvalue weighted by Crippen LogP contribution is -2.18. The van der Waals surface area contributed by atoms with Gasteiger partial charge in [0.1, 0.15) is 0 Å². The summed E-state index contributed by atoms with van der Waals surface area (Å²) < 4.78 is 1.57. The Morgan fingerprint density at radius 1 is 1.29 bits per heavy atom. The Bertz CT molecular complexity index is 528. The van der Waals surface area contributed by atoms with Crippen molar-refractivity contribution in [3.8, 4) is 0 Å². The number of aryl methyl sites for hydroxylation is 1. The number of pyridine rings is 1. The van der Waals surface area contributed by atoms with Gasteiger partial charge in [0.2, 0.25) is 0 Å². The van der Waals surface area contributed by atoms with E-state index >= 15 is 0 Å². The first-order chi connectivity index (χ1) is 6.74. The molecule has 2 N–H and O–H groups in total. The number of nitrogens with two attached hydrogens (primary N) is 1. The maximum Gasteiger partial charge on any atom is 0.258 e. The van der Waals surface area contributed by atoms with Crippen molar-refractivity contribution < 1.29 is 0 Å². The fourth-order valence-corrected chi connectivity index (χ4v) is 1.66. The molecule has 0 aliphatic heterocycles. The molecule has 0 spiro atoms. The first kappa shape index (κ1) is 8.97. The number of benzene rings is 1. The molecule has 72 valence electrons. The third kappa shape index (κ3) is 1.22. The van der Waals surface area contributed by atoms with Gasteiger partial charge in [0, 0.05) is 25.2 Å². The summed E-state index contributed by atoms with van der Waals surface area (Å²) in [6, 6.07) is 7.54. The number of hydrogen-bond acceptors (Lipinski definition) is 2. The van der Waals surface area contributed by atoms with Gasteiger partial charge in [0.05, 0.1) is 0 Å².